The minimum absolute atomic E-state index is 0.646. The Bertz CT molecular complexity index is 3110. The number of fused-ring (bicyclic) bond motifs is 9. The van der Waals surface area contributed by atoms with Crippen LogP contribution in [0, 0.1) is 0 Å². The van der Waals surface area contributed by atoms with Gasteiger partial charge in [0.25, 0.3) is 0 Å². The molecule has 4 aromatic heterocycles. The predicted octanol–water partition coefficient (Wildman–Crippen LogP) is 12.7. The van der Waals surface area contributed by atoms with Gasteiger partial charge in [-0.1, -0.05) is 109 Å². The van der Waals surface area contributed by atoms with Gasteiger partial charge in [-0.15, -0.1) is 22.7 Å². The van der Waals surface area contributed by atoms with Gasteiger partial charge in [0.2, 0.25) is 0 Å². The fourth-order valence-corrected chi connectivity index (χ4v) is 9.96. The molecule has 0 spiro atoms. The molecule has 11 aromatic rings. The third kappa shape index (κ3) is 4.40. The van der Waals surface area contributed by atoms with Crippen LogP contribution in [0.2, 0.25) is 0 Å². The van der Waals surface area contributed by atoms with E-state index in [1.807, 2.05) is 0 Å². The lowest BCUT2D eigenvalue weighted by atomic mass is 10.0. The summed E-state index contributed by atoms with van der Waals surface area (Å²) in [4.78, 5) is 15.9. The van der Waals surface area contributed by atoms with Crippen LogP contribution in [0.3, 0.4) is 0 Å². The highest BCUT2D eigenvalue weighted by Gasteiger charge is 2.20. The molecule has 0 saturated carbocycles. The summed E-state index contributed by atoms with van der Waals surface area (Å²) in [6.07, 6.45) is 0. The molecule has 0 aliphatic rings. The maximum Gasteiger partial charge on any atom is 0.165 e. The largest absolute Gasteiger partial charge is 0.309 e. The van der Waals surface area contributed by atoms with Gasteiger partial charge in [0, 0.05) is 73.5 Å². The van der Waals surface area contributed by atoms with Gasteiger partial charge in [-0.25, -0.2) is 15.0 Å². The number of hydrogen-bond acceptors (Lipinski definition) is 5. The van der Waals surface area contributed by atoms with Crippen molar-refractivity contribution in [3.8, 4) is 39.9 Å². The molecule has 6 heteroatoms. The number of hydrogen-bond donors (Lipinski definition) is 0. The average molecular weight is 687 g/mol. The number of thiophene rings is 2. The molecule has 4 nitrogen and oxygen atoms in total. The van der Waals surface area contributed by atoms with Crippen molar-refractivity contribution in [2.75, 3.05) is 0 Å². The molecule has 0 fully saturated rings. The van der Waals surface area contributed by atoms with Crippen LogP contribution >= 0.6 is 22.7 Å². The zero-order chi connectivity index (χ0) is 33.5. The number of nitrogens with zero attached hydrogens (tertiary/aromatic N) is 4. The van der Waals surface area contributed by atoms with Gasteiger partial charge < -0.3 is 4.57 Å². The Hall–Kier alpha value is -6.21. The molecular weight excluding hydrogens is 661 g/mol. The van der Waals surface area contributed by atoms with Crippen LogP contribution < -0.4 is 0 Å². The van der Waals surface area contributed by atoms with Crippen molar-refractivity contribution in [2.45, 2.75) is 0 Å². The van der Waals surface area contributed by atoms with Crippen LogP contribution in [-0.2, 0) is 0 Å². The SMILES string of the molecule is c1cc(-c2nc(-c3cccc4c3sc3ccccc34)nc(-c3cccc4sc5ccccc5c34)n2)cc(-n2c3ccccc3c3ccccc32)c1. The Labute approximate surface area is 300 Å². The van der Waals surface area contributed by atoms with E-state index in [9.17, 15) is 0 Å². The molecule has 7 aromatic carbocycles. The molecule has 0 radical (unpaired) electrons. The van der Waals surface area contributed by atoms with Crippen LogP contribution in [0.5, 0.6) is 0 Å². The van der Waals surface area contributed by atoms with Crippen molar-refractivity contribution < 1.29 is 0 Å². The molecule has 0 aliphatic carbocycles. The molecule has 51 heavy (non-hydrogen) atoms. The van der Waals surface area contributed by atoms with Gasteiger partial charge in [-0.2, -0.15) is 0 Å². The van der Waals surface area contributed by atoms with Crippen molar-refractivity contribution in [3.63, 3.8) is 0 Å². The average Bonchev–Trinajstić information content (AvgIpc) is 3.87. The predicted molar refractivity (Wildman–Crippen MR) is 216 cm³/mol. The maximum absolute atomic E-state index is 5.29. The van der Waals surface area contributed by atoms with Crippen LogP contribution in [0.1, 0.15) is 0 Å². The molecule has 0 saturated heterocycles. The van der Waals surface area contributed by atoms with Gasteiger partial charge in [0.05, 0.1) is 11.0 Å². The van der Waals surface area contributed by atoms with E-state index in [-0.39, 0.29) is 0 Å². The van der Waals surface area contributed by atoms with E-state index in [4.69, 9.17) is 15.0 Å². The monoisotopic (exact) mass is 686 g/mol. The van der Waals surface area contributed by atoms with Crippen molar-refractivity contribution >= 4 is 84.8 Å². The van der Waals surface area contributed by atoms with Crippen molar-refractivity contribution in [1.82, 2.24) is 19.5 Å². The Kier molecular flexibility index (Phi) is 6.26. The molecule has 4 heterocycles. The number of para-hydroxylation sites is 2. The fraction of sp³-hybridized carbons (Fsp3) is 0. The normalized spacial score (nSPS) is 11.9. The first-order valence-electron chi connectivity index (χ1n) is 16.9. The lowest BCUT2D eigenvalue weighted by molar-refractivity contribution is 1.08. The standard InChI is InChI=1S/C45H26N4S2/c1-5-21-36-29(14-1)30-15-2-6-22-37(30)49(36)28-13-9-12-27(26-28)43-46-44(34-19-11-25-40-41(34)33-17-4-8-24-39(33)50-40)48-45(47-43)35-20-10-18-32-31-16-3-7-23-38(31)51-42(32)35/h1-26H. The smallest absolute Gasteiger partial charge is 0.165 e. The van der Waals surface area contributed by atoms with Crippen molar-refractivity contribution in [3.05, 3.63) is 158 Å². The second kappa shape index (κ2) is 11.2. The molecule has 0 N–H and O–H groups in total. The van der Waals surface area contributed by atoms with Crippen LogP contribution in [0.15, 0.2) is 158 Å². The third-order valence-corrected chi connectivity index (χ3v) is 12.2. The van der Waals surface area contributed by atoms with E-state index < -0.39 is 0 Å². The lowest BCUT2D eigenvalue weighted by Crippen LogP contribution is -2.01. The van der Waals surface area contributed by atoms with E-state index in [2.05, 4.69) is 162 Å². The minimum Gasteiger partial charge on any atom is -0.309 e. The van der Waals surface area contributed by atoms with Gasteiger partial charge in [-0.05, 0) is 48.5 Å². The summed E-state index contributed by atoms with van der Waals surface area (Å²) in [5, 5.41) is 7.33. The highest BCUT2D eigenvalue weighted by molar-refractivity contribution is 7.26. The molecule has 0 amide bonds. The highest BCUT2D eigenvalue weighted by Crippen LogP contribution is 2.42. The van der Waals surface area contributed by atoms with E-state index in [0.717, 1.165) is 22.4 Å². The first-order valence-corrected chi connectivity index (χ1v) is 18.6. The summed E-state index contributed by atoms with van der Waals surface area (Å²) < 4.78 is 7.25. The highest BCUT2D eigenvalue weighted by atomic mass is 32.1. The molecule has 0 aliphatic heterocycles. The van der Waals surface area contributed by atoms with Crippen LogP contribution in [-0.4, -0.2) is 19.5 Å². The molecular formula is C45H26N4S2. The second-order valence-electron chi connectivity index (χ2n) is 12.8. The van der Waals surface area contributed by atoms with Crippen LogP contribution in [0.4, 0.5) is 0 Å². The van der Waals surface area contributed by atoms with E-state index in [1.165, 1.54) is 62.2 Å². The zero-order valence-corrected chi connectivity index (χ0v) is 28.7. The van der Waals surface area contributed by atoms with E-state index >= 15 is 0 Å². The van der Waals surface area contributed by atoms with E-state index in [0.29, 0.717) is 17.5 Å². The third-order valence-electron chi connectivity index (χ3n) is 9.87. The van der Waals surface area contributed by atoms with E-state index in [1.54, 1.807) is 22.7 Å². The first-order chi connectivity index (χ1) is 25.3. The molecule has 0 atom stereocenters. The molecule has 0 unspecified atom stereocenters. The lowest BCUT2D eigenvalue weighted by Gasteiger charge is -2.12. The fourth-order valence-electron chi connectivity index (χ4n) is 7.61. The summed E-state index contributed by atoms with van der Waals surface area (Å²) in [5.74, 6) is 1.99. The topological polar surface area (TPSA) is 43.6 Å². The molecule has 0 bridgehead atoms. The quantitative estimate of drug-likeness (QED) is 0.185. The molecule has 238 valence electrons. The first kappa shape index (κ1) is 28.6. The number of rotatable bonds is 4. The Morgan fingerprint density at radius 2 is 0.941 bits per heavy atom. The van der Waals surface area contributed by atoms with Gasteiger partial charge >= 0.3 is 0 Å². The van der Waals surface area contributed by atoms with Gasteiger partial charge in [0.1, 0.15) is 0 Å². The van der Waals surface area contributed by atoms with Crippen molar-refractivity contribution in [2.24, 2.45) is 0 Å². The maximum atomic E-state index is 5.29. The molecule has 11 rings (SSSR count). The summed E-state index contributed by atoms with van der Waals surface area (Å²) in [7, 11) is 0. The minimum atomic E-state index is 0.646. The Morgan fingerprint density at radius 1 is 0.392 bits per heavy atom. The number of benzene rings is 7. The van der Waals surface area contributed by atoms with Crippen LogP contribution in [0.25, 0.3) is 102 Å². The Balaban J connectivity index is 1.18. The number of aromatic nitrogens is 4. The Morgan fingerprint density at radius 3 is 1.73 bits per heavy atom. The summed E-state index contributed by atoms with van der Waals surface area (Å²) in [6.45, 7) is 0. The van der Waals surface area contributed by atoms with Gasteiger partial charge in [-0.3, -0.25) is 0 Å². The van der Waals surface area contributed by atoms with Gasteiger partial charge in [0.15, 0.2) is 17.5 Å². The van der Waals surface area contributed by atoms with Crippen molar-refractivity contribution in [1.29, 1.82) is 0 Å². The summed E-state index contributed by atoms with van der Waals surface area (Å²) in [5.41, 5.74) is 6.35. The second-order valence-corrected chi connectivity index (χ2v) is 14.9. The zero-order valence-electron chi connectivity index (χ0n) is 27.1. The summed E-state index contributed by atoms with van der Waals surface area (Å²) >= 11 is 3.60. The summed E-state index contributed by atoms with van der Waals surface area (Å²) in [6, 6.07) is 56.0.